The number of alkyl halides is 1. The number of hydrogen-bond donors (Lipinski definition) is 0. The van der Waals surface area contributed by atoms with Crippen LogP contribution in [-0.4, -0.2) is 11.1 Å². The molecule has 0 amide bonds. The molecule has 0 atom stereocenters. The van der Waals surface area contributed by atoms with Crippen LogP contribution in [0.25, 0.3) is 0 Å². The lowest BCUT2D eigenvalue weighted by Crippen LogP contribution is -2.25. The molecule has 0 N–H and O–H groups in total. The quantitative estimate of drug-likeness (QED) is 0.534. The lowest BCUT2D eigenvalue weighted by atomic mass is 9.78. The molecule has 76 valence electrons. The van der Waals surface area contributed by atoms with E-state index in [1.54, 1.807) is 6.92 Å². The SMILES string of the molecule is CC(=O)C1(CCCCBr)CCCC1. The minimum absolute atomic E-state index is 0.0855. The van der Waals surface area contributed by atoms with Crippen LogP contribution in [0.2, 0.25) is 0 Å². The number of Topliss-reactive ketones (excluding diaryl/α,β-unsaturated/α-hetero) is 1. The van der Waals surface area contributed by atoms with Crippen molar-refractivity contribution in [1.82, 2.24) is 0 Å². The van der Waals surface area contributed by atoms with Crippen molar-refractivity contribution in [1.29, 1.82) is 0 Å². The van der Waals surface area contributed by atoms with E-state index in [1.807, 2.05) is 0 Å². The standard InChI is InChI=1S/C11H19BrO/c1-10(13)11(6-2-3-7-11)8-4-5-9-12/h2-9H2,1H3. The zero-order chi connectivity index (χ0) is 9.73. The second-order valence-electron chi connectivity index (χ2n) is 4.19. The maximum absolute atomic E-state index is 11.6. The Balaban J connectivity index is 2.43. The van der Waals surface area contributed by atoms with Gasteiger partial charge < -0.3 is 0 Å². The van der Waals surface area contributed by atoms with Gasteiger partial charge in [0.15, 0.2) is 0 Å². The van der Waals surface area contributed by atoms with Crippen LogP contribution in [0.5, 0.6) is 0 Å². The summed E-state index contributed by atoms with van der Waals surface area (Å²) in [6.45, 7) is 1.78. The van der Waals surface area contributed by atoms with E-state index in [4.69, 9.17) is 0 Å². The molecule has 1 aliphatic carbocycles. The molecule has 0 bridgehead atoms. The molecular formula is C11H19BrO. The second kappa shape index (κ2) is 5.14. The van der Waals surface area contributed by atoms with Gasteiger partial charge in [0.05, 0.1) is 0 Å². The lowest BCUT2D eigenvalue weighted by Gasteiger charge is -2.25. The van der Waals surface area contributed by atoms with Crippen LogP contribution in [0, 0.1) is 5.41 Å². The summed E-state index contributed by atoms with van der Waals surface area (Å²) in [5.74, 6) is 0.430. The smallest absolute Gasteiger partial charge is 0.135 e. The number of unbranched alkanes of at least 4 members (excludes halogenated alkanes) is 1. The average molecular weight is 247 g/mol. The van der Waals surface area contributed by atoms with Gasteiger partial charge in [0.25, 0.3) is 0 Å². The lowest BCUT2D eigenvalue weighted by molar-refractivity contribution is -0.126. The molecular weight excluding hydrogens is 228 g/mol. The van der Waals surface area contributed by atoms with Crippen molar-refractivity contribution in [3.05, 3.63) is 0 Å². The molecule has 2 heteroatoms. The van der Waals surface area contributed by atoms with Crippen molar-refractivity contribution < 1.29 is 4.79 Å². The van der Waals surface area contributed by atoms with Crippen molar-refractivity contribution in [2.75, 3.05) is 5.33 Å². The largest absolute Gasteiger partial charge is 0.299 e. The summed E-state index contributed by atoms with van der Waals surface area (Å²) in [6, 6.07) is 0. The van der Waals surface area contributed by atoms with Crippen molar-refractivity contribution in [3.8, 4) is 0 Å². The Morgan fingerprint density at radius 1 is 1.31 bits per heavy atom. The monoisotopic (exact) mass is 246 g/mol. The van der Waals surface area contributed by atoms with Crippen LogP contribution in [0.3, 0.4) is 0 Å². The average Bonchev–Trinajstić information content (AvgIpc) is 2.55. The minimum atomic E-state index is 0.0855. The fourth-order valence-electron chi connectivity index (χ4n) is 2.39. The Bertz CT molecular complexity index is 171. The Kier molecular flexibility index (Phi) is 4.43. The van der Waals surface area contributed by atoms with Crippen LogP contribution in [-0.2, 0) is 4.79 Å². The van der Waals surface area contributed by atoms with E-state index >= 15 is 0 Å². The fraction of sp³-hybridized carbons (Fsp3) is 0.909. The highest BCUT2D eigenvalue weighted by molar-refractivity contribution is 9.09. The molecule has 0 aliphatic heterocycles. The summed E-state index contributed by atoms with van der Waals surface area (Å²) in [5, 5.41) is 1.07. The van der Waals surface area contributed by atoms with Crippen molar-refractivity contribution in [2.45, 2.75) is 51.9 Å². The van der Waals surface area contributed by atoms with E-state index in [9.17, 15) is 4.79 Å². The highest BCUT2D eigenvalue weighted by Crippen LogP contribution is 2.42. The molecule has 0 unspecified atom stereocenters. The van der Waals surface area contributed by atoms with Crippen molar-refractivity contribution in [2.24, 2.45) is 5.41 Å². The first-order valence-corrected chi connectivity index (χ1v) is 6.40. The third kappa shape index (κ3) is 2.80. The van der Waals surface area contributed by atoms with Crippen LogP contribution < -0.4 is 0 Å². The van der Waals surface area contributed by atoms with Gasteiger partial charge in [0, 0.05) is 10.7 Å². The number of hydrogen-bond acceptors (Lipinski definition) is 1. The molecule has 0 aromatic rings. The minimum Gasteiger partial charge on any atom is -0.299 e. The summed E-state index contributed by atoms with van der Waals surface area (Å²) < 4.78 is 0. The summed E-state index contributed by atoms with van der Waals surface area (Å²) in [6.07, 6.45) is 8.32. The van der Waals surface area contributed by atoms with E-state index in [-0.39, 0.29) is 5.41 Å². The van der Waals surface area contributed by atoms with E-state index in [2.05, 4.69) is 15.9 Å². The van der Waals surface area contributed by atoms with Gasteiger partial charge in [0.2, 0.25) is 0 Å². The highest BCUT2D eigenvalue weighted by Gasteiger charge is 2.37. The molecule has 0 heterocycles. The Morgan fingerprint density at radius 2 is 1.92 bits per heavy atom. The molecule has 0 aromatic carbocycles. The summed E-state index contributed by atoms with van der Waals surface area (Å²) in [7, 11) is 0. The number of halogens is 1. The van der Waals surface area contributed by atoms with Gasteiger partial charge >= 0.3 is 0 Å². The van der Waals surface area contributed by atoms with Gasteiger partial charge in [-0.15, -0.1) is 0 Å². The number of carbonyl (C=O) groups excluding carboxylic acids is 1. The highest BCUT2D eigenvalue weighted by atomic mass is 79.9. The summed E-state index contributed by atoms with van der Waals surface area (Å²) in [5.41, 5.74) is 0.0855. The summed E-state index contributed by atoms with van der Waals surface area (Å²) in [4.78, 5) is 11.6. The van der Waals surface area contributed by atoms with Gasteiger partial charge in [0.1, 0.15) is 5.78 Å². The van der Waals surface area contributed by atoms with Gasteiger partial charge in [-0.25, -0.2) is 0 Å². The fourth-order valence-corrected chi connectivity index (χ4v) is 2.78. The number of carbonyl (C=O) groups is 1. The first kappa shape index (κ1) is 11.2. The van der Waals surface area contributed by atoms with Crippen molar-refractivity contribution in [3.63, 3.8) is 0 Å². The van der Waals surface area contributed by atoms with Gasteiger partial charge in [-0.3, -0.25) is 4.79 Å². The number of ketones is 1. The number of rotatable bonds is 5. The zero-order valence-electron chi connectivity index (χ0n) is 8.44. The Morgan fingerprint density at radius 3 is 2.38 bits per heavy atom. The van der Waals surface area contributed by atoms with Crippen LogP contribution in [0.15, 0.2) is 0 Å². The Hall–Kier alpha value is 0.150. The van der Waals surface area contributed by atoms with E-state index < -0.39 is 0 Å². The van der Waals surface area contributed by atoms with Gasteiger partial charge in [-0.1, -0.05) is 35.2 Å². The third-order valence-electron chi connectivity index (χ3n) is 3.35. The molecule has 1 saturated carbocycles. The zero-order valence-corrected chi connectivity index (χ0v) is 10.0. The first-order chi connectivity index (χ1) is 6.21. The predicted octanol–water partition coefficient (Wildman–Crippen LogP) is 3.70. The van der Waals surface area contributed by atoms with Gasteiger partial charge in [-0.2, -0.15) is 0 Å². The molecule has 0 aromatic heterocycles. The van der Waals surface area contributed by atoms with Crippen LogP contribution in [0.1, 0.15) is 51.9 Å². The molecule has 1 fully saturated rings. The predicted molar refractivity (Wildman–Crippen MR) is 59.2 cm³/mol. The van der Waals surface area contributed by atoms with E-state index in [0.717, 1.165) is 24.6 Å². The Labute approximate surface area is 89.4 Å². The molecule has 0 spiro atoms. The van der Waals surface area contributed by atoms with Crippen LogP contribution in [0.4, 0.5) is 0 Å². The van der Waals surface area contributed by atoms with Gasteiger partial charge in [-0.05, 0) is 32.6 Å². The van der Waals surface area contributed by atoms with Crippen LogP contribution >= 0.6 is 15.9 Å². The molecule has 1 nitrogen and oxygen atoms in total. The molecule has 0 saturated heterocycles. The third-order valence-corrected chi connectivity index (χ3v) is 3.91. The normalized spacial score (nSPS) is 20.5. The molecule has 1 aliphatic rings. The molecule has 13 heavy (non-hydrogen) atoms. The molecule has 1 rings (SSSR count). The maximum Gasteiger partial charge on any atom is 0.135 e. The van der Waals surface area contributed by atoms with E-state index in [1.165, 1.54) is 25.7 Å². The van der Waals surface area contributed by atoms with E-state index in [0.29, 0.717) is 5.78 Å². The topological polar surface area (TPSA) is 17.1 Å². The molecule has 0 radical (unpaired) electrons. The second-order valence-corrected chi connectivity index (χ2v) is 4.98. The first-order valence-electron chi connectivity index (χ1n) is 5.28. The van der Waals surface area contributed by atoms with Crippen molar-refractivity contribution >= 4 is 21.7 Å². The maximum atomic E-state index is 11.6. The summed E-state index contributed by atoms with van der Waals surface area (Å²) >= 11 is 3.43.